The van der Waals surface area contributed by atoms with Gasteiger partial charge in [0.15, 0.2) is 6.10 Å². The molecule has 0 aromatic heterocycles. The minimum absolute atomic E-state index is 0.0137. The maximum atomic E-state index is 13.7. The molecule has 2 aliphatic rings. The number of likely N-dealkylation sites (tertiary alicyclic amines) is 1. The van der Waals surface area contributed by atoms with E-state index in [-0.39, 0.29) is 17.9 Å². The Morgan fingerprint density at radius 2 is 1.76 bits per heavy atom. The second-order valence-corrected chi connectivity index (χ2v) is 10.4. The number of rotatable bonds is 8. The van der Waals surface area contributed by atoms with Crippen molar-refractivity contribution in [3.63, 3.8) is 0 Å². The summed E-state index contributed by atoms with van der Waals surface area (Å²) in [6, 6.07) is 23.6. The number of carbonyl (C=O) groups is 2. The van der Waals surface area contributed by atoms with E-state index in [1.165, 1.54) is 18.4 Å². The highest BCUT2D eigenvalue weighted by atomic mass is 16.5. The molecule has 2 aliphatic heterocycles. The van der Waals surface area contributed by atoms with Crippen LogP contribution < -0.4 is 10.1 Å². The molecule has 0 spiro atoms. The second-order valence-electron chi connectivity index (χ2n) is 10.4. The molecule has 1 N–H and O–H groups in total. The molecule has 1 fully saturated rings. The summed E-state index contributed by atoms with van der Waals surface area (Å²) in [4.78, 5) is 30.7. The molecule has 2 heterocycles. The maximum absolute atomic E-state index is 13.7. The van der Waals surface area contributed by atoms with E-state index in [4.69, 9.17) is 4.74 Å². The number of hydrogen-bond donors (Lipinski definition) is 1. The summed E-state index contributed by atoms with van der Waals surface area (Å²) < 4.78 is 6.12. The lowest BCUT2D eigenvalue weighted by Crippen LogP contribution is -2.41. The van der Waals surface area contributed by atoms with Gasteiger partial charge in [-0.1, -0.05) is 54.1 Å². The predicted molar refractivity (Wildman–Crippen MR) is 149 cm³/mol. The van der Waals surface area contributed by atoms with Crippen LogP contribution in [-0.4, -0.2) is 60.4 Å². The van der Waals surface area contributed by atoms with Gasteiger partial charge in [0.25, 0.3) is 11.8 Å². The SMILES string of the molecule is Cc1cccc(C2c3cc(OC(C)C(=O)NCCN4CCCC4)ccc3CCN2C(=O)c2ccccc2)c1. The van der Waals surface area contributed by atoms with E-state index >= 15 is 0 Å². The Kier molecular flexibility index (Phi) is 8.08. The highest BCUT2D eigenvalue weighted by Crippen LogP contribution is 2.38. The first-order valence-electron chi connectivity index (χ1n) is 13.7. The van der Waals surface area contributed by atoms with Crippen molar-refractivity contribution in [3.8, 4) is 5.75 Å². The Bertz CT molecular complexity index is 1270. The minimum Gasteiger partial charge on any atom is -0.481 e. The molecule has 198 valence electrons. The highest BCUT2D eigenvalue weighted by Gasteiger charge is 2.33. The predicted octanol–water partition coefficient (Wildman–Crippen LogP) is 4.76. The van der Waals surface area contributed by atoms with Crippen molar-refractivity contribution >= 4 is 11.8 Å². The van der Waals surface area contributed by atoms with E-state index in [0.29, 0.717) is 24.4 Å². The van der Waals surface area contributed by atoms with E-state index < -0.39 is 6.10 Å². The number of hydrogen-bond acceptors (Lipinski definition) is 4. The van der Waals surface area contributed by atoms with Gasteiger partial charge in [-0.2, -0.15) is 0 Å². The Balaban J connectivity index is 1.37. The van der Waals surface area contributed by atoms with Gasteiger partial charge < -0.3 is 19.9 Å². The average Bonchev–Trinajstić information content (AvgIpc) is 3.46. The molecular weight excluding hydrogens is 474 g/mol. The molecule has 0 saturated carbocycles. The summed E-state index contributed by atoms with van der Waals surface area (Å²) in [5.41, 5.74) is 5.14. The van der Waals surface area contributed by atoms with E-state index in [1.807, 2.05) is 53.4 Å². The molecule has 6 nitrogen and oxygen atoms in total. The van der Waals surface area contributed by atoms with Crippen LogP contribution in [0.3, 0.4) is 0 Å². The molecule has 0 radical (unpaired) electrons. The molecule has 3 aromatic rings. The van der Waals surface area contributed by atoms with E-state index in [9.17, 15) is 9.59 Å². The number of ether oxygens (including phenoxy) is 1. The van der Waals surface area contributed by atoms with Crippen LogP contribution in [0.1, 0.15) is 58.4 Å². The van der Waals surface area contributed by atoms with Crippen molar-refractivity contribution in [1.29, 1.82) is 0 Å². The van der Waals surface area contributed by atoms with E-state index in [1.54, 1.807) is 6.92 Å². The van der Waals surface area contributed by atoms with Crippen LogP contribution in [-0.2, 0) is 11.2 Å². The number of aryl methyl sites for hydroxylation is 1. The number of amides is 2. The average molecular weight is 512 g/mol. The van der Waals surface area contributed by atoms with Crippen LogP contribution in [0.5, 0.6) is 5.75 Å². The van der Waals surface area contributed by atoms with Crippen LogP contribution in [0.4, 0.5) is 0 Å². The van der Waals surface area contributed by atoms with Gasteiger partial charge in [-0.3, -0.25) is 9.59 Å². The van der Waals surface area contributed by atoms with Crippen LogP contribution >= 0.6 is 0 Å². The van der Waals surface area contributed by atoms with Crippen molar-refractivity contribution in [3.05, 3.63) is 101 Å². The first kappa shape index (κ1) is 26.0. The number of nitrogens with zero attached hydrogens (tertiary/aromatic N) is 2. The second kappa shape index (κ2) is 11.8. The van der Waals surface area contributed by atoms with Crippen molar-refractivity contribution in [1.82, 2.24) is 15.1 Å². The third-order valence-electron chi connectivity index (χ3n) is 7.59. The lowest BCUT2D eigenvalue weighted by atomic mass is 9.87. The van der Waals surface area contributed by atoms with Crippen LogP contribution in [0, 0.1) is 6.92 Å². The fourth-order valence-corrected chi connectivity index (χ4v) is 5.58. The standard InChI is InChI=1S/C32H37N3O3/c1-23-9-8-12-27(21-23)30-29-22-28(38-24(2)31(36)33-16-20-34-17-6-7-18-34)14-13-25(29)15-19-35(30)32(37)26-10-4-3-5-11-26/h3-5,8-14,21-22,24,30H,6-7,15-20H2,1-2H3,(H,33,36). The summed E-state index contributed by atoms with van der Waals surface area (Å²) in [6.07, 6.45) is 2.63. The lowest BCUT2D eigenvalue weighted by molar-refractivity contribution is -0.127. The van der Waals surface area contributed by atoms with Gasteiger partial charge in [-0.15, -0.1) is 0 Å². The Labute approximate surface area is 225 Å². The molecule has 5 rings (SSSR count). The number of carbonyl (C=O) groups excluding carboxylic acids is 2. The van der Waals surface area contributed by atoms with Crippen LogP contribution in [0.2, 0.25) is 0 Å². The van der Waals surface area contributed by atoms with E-state index in [0.717, 1.165) is 42.7 Å². The fraction of sp³-hybridized carbons (Fsp3) is 0.375. The van der Waals surface area contributed by atoms with Crippen LogP contribution in [0.25, 0.3) is 0 Å². The topological polar surface area (TPSA) is 61.9 Å². The Hall–Kier alpha value is -3.64. The summed E-state index contributed by atoms with van der Waals surface area (Å²) in [5.74, 6) is 0.537. The van der Waals surface area contributed by atoms with Crippen molar-refractivity contribution in [2.24, 2.45) is 0 Å². The number of benzene rings is 3. The first-order chi connectivity index (χ1) is 18.5. The summed E-state index contributed by atoms with van der Waals surface area (Å²) >= 11 is 0. The molecule has 3 aromatic carbocycles. The lowest BCUT2D eigenvalue weighted by Gasteiger charge is -2.38. The summed E-state index contributed by atoms with van der Waals surface area (Å²) in [6.45, 7) is 8.22. The highest BCUT2D eigenvalue weighted by molar-refractivity contribution is 5.95. The van der Waals surface area contributed by atoms with Gasteiger partial charge in [-0.05, 0) is 87.2 Å². The summed E-state index contributed by atoms with van der Waals surface area (Å²) in [5, 5.41) is 3.01. The van der Waals surface area contributed by atoms with E-state index in [2.05, 4.69) is 41.4 Å². The van der Waals surface area contributed by atoms with Gasteiger partial charge in [0, 0.05) is 25.2 Å². The molecule has 2 unspecified atom stereocenters. The summed E-state index contributed by atoms with van der Waals surface area (Å²) in [7, 11) is 0. The molecule has 38 heavy (non-hydrogen) atoms. The Morgan fingerprint density at radius 3 is 2.53 bits per heavy atom. The smallest absolute Gasteiger partial charge is 0.260 e. The largest absolute Gasteiger partial charge is 0.481 e. The van der Waals surface area contributed by atoms with Gasteiger partial charge in [-0.25, -0.2) is 0 Å². The zero-order valence-electron chi connectivity index (χ0n) is 22.4. The normalized spacial score (nSPS) is 18.1. The minimum atomic E-state index is -0.616. The van der Waals surface area contributed by atoms with Gasteiger partial charge in [0.2, 0.25) is 0 Å². The fourth-order valence-electron chi connectivity index (χ4n) is 5.58. The van der Waals surface area contributed by atoms with Crippen molar-refractivity contribution in [2.45, 2.75) is 45.3 Å². The van der Waals surface area contributed by atoms with Crippen molar-refractivity contribution < 1.29 is 14.3 Å². The Morgan fingerprint density at radius 1 is 0.974 bits per heavy atom. The number of nitrogens with one attached hydrogen (secondary N) is 1. The zero-order valence-corrected chi connectivity index (χ0v) is 22.4. The third-order valence-corrected chi connectivity index (χ3v) is 7.59. The van der Waals surface area contributed by atoms with Crippen LogP contribution in [0.15, 0.2) is 72.8 Å². The molecule has 1 saturated heterocycles. The zero-order chi connectivity index (χ0) is 26.5. The molecule has 0 aliphatic carbocycles. The van der Waals surface area contributed by atoms with Crippen molar-refractivity contribution in [2.75, 3.05) is 32.7 Å². The monoisotopic (exact) mass is 511 g/mol. The first-order valence-corrected chi connectivity index (χ1v) is 13.7. The number of fused-ring (bicyclic) bond motifs is 1. The molecule has 6 heteroatoms. The quantitative estimate of drug-likeness (QED) is 0.474. The maximum Gasteiger partial charge on any atom is 0.260 e. The van der Waals surface area contributed by atoms with Gasteiger partial charge >= 0.3 is 0 Å². The van der Waals surface area contributed by atoms with Gasteiger partial charge in [0.05, 0.1) is 6.04 Å². The molecule has 2 amide bonds. The molecule has 2 atom stereocenters. The molecule has 0 bridgehead atoms. The third kappa shape index (κ3) is 5.91. The van der Waals surface area contributed by atoms with Gasteiger partial charge in [0.1, 0.15) is 5.75 Å². The molecular formula is C32H37N3O3.